The van der Waals surface area contributed by atoms with Gasteiger partial charge in [0.1, 0.15) is 0 Å². The Balaban J connectivity index is 1.67. The minimum atomic E-state index is -0.196. The van der Waals surface area contributed by atoms with Crippen molar-refractivity contribution < 1.29 is 4.74 Å². The van der Waals surface area contributed by atoms with E-state index >= 15 is 0 Å². The monoisotopic (exact) mass is 347 g/mol. The van der Waals surface area contributed by atoms with Crippen molar-refractivity contribution in [3.8, 4) is 11.1 Å². The fourth-order valence-electron chi connectivity index (χ4n) is 4.22. The second-order valence-corrected chi connectivity index (χ2v) is 7.41. The Morgan fingerprint density at radius 1 is 0.920 bits per heavy atom. The molecule has 0 radical (unpaired) electrons. The van der Waals surface area contributed by atoms with Crippen LogP contribution in [0.4, 0.5) is 5.69 Å². The first-order chi connectivity index (χ1) is 12.2. The molecule has 1 aliphatic heterocycles. The van der Waals surface area contributed by atoms with Crippen LogP contribution in [0.25, 0.3) is 11.1 Å². The van der Waals surface area contributed by atoms with Crippen LogP contribution in [0.5, 0.6) is 0 Å². The first-order valence-electron chi connectivity index (χ1n) is 8.53. The summed E-state index contributed by atoms with van der Waals surface area (Å²) in [5.74, 6) is 0. The van der Waals surface area contributed by atoms with Gasteiger partial charge in [-0.25, -0.2) is 0 Å². The molecule has 0 aromatic heterocycles. The second-order valence-electron chi connectivity index (χ2n) is 6.97. The largest absolute Gasteiger partial charge is 0.398 e. The molecule has 124 valence electrons. The first kappa shape index (κ1) is 15.0. The fraction of sp³-hybridized carbons (Fsp3) is 0.182. The lowest BCUT2D eigenvalue weighted by Crippen LogP contribution is -2.48. The molecule has 1 fully saturated rings. The molecule has 2 nitrogen and oxygen atoms in total. The topological polar surface area (TPSA) is 35.2 Å². The summed E-state index contributed by atoms with van der Waals surface area (Å²) in [4.78, 5) is 0. The zero-order chi connectivity index (χ0) is 17.0. The Morgan fingerprint density at radius 3 is 2.52 bits per heavy atom. The highest BCUT2D eigenvalue weighted by Crippen LogP contribution is 2.47. The maximum Gasteiger partial charge on any atom is 0.0690 e. The maximum absolute atomic E-state index is 6.70. The summed E-state index contributed by atoms with van der Waals surface area (Å²) in [6.45, 7) is 1.28. The number of hydrogen-bond acceptors (Lipinski definition) is 2. The van der Waals surface area contributed by atoms with Crippen LogP contribution in [0.2, 0.25) is 5.02 Å². The highest BCUT2D eigenvalue weighted by molar-refractivity contribution is 6.30. The van der Waals surface area contributed by atoms with Crippen LogP contribution >= 0.6 is 11.6 Å². The van der Waals surface area contributed by atoms with Crippen LogP contribution in [0.1, 0.15) is 22.3 Å². The molecule has 3 heteroatoms. The van der Waals surface area contributed by atoms with Crippen LogP contribution in [-0.2, 0) is 16.6 Å². The number of halogens is 1. The van der Waals surface area contributed by atoms with Crippen LogP contribution < -0.4 is 5.73 Å². The molecule has 0 amide bonds. The van der Waals surface area contributed by atoms with E-state index in [0.29, 0.717) is 13.2 Å². The van der Waals surface area contributed by atoms with Crippen molar-refractivity contribution in [1.82, 2.24) is 0 Å². The fourth-order valence-corrected chi connectivity index (χ4v) is 4.41. The molecule has 0 bridgehead atoms. The first-order valence-corrected chi connectivity index (χ1v) is 8.91. The standard InChI is InChI=1S/C22H18ClNO/c23-16-6-3-5-15(11-16)22(12-25-13-22)20-9-8-18-17-7-2-1-4-14(17)10-19(18)21(20)24/h1-9,11H,10,12-13,24H2. The smallest absolute Gasteiger partial charge is 0.0690 e. The van der Waals surface area contributed by atoms with E-state index in [1.54, 1.807) is 0 Å². The number of nitrogens with two attached hydrogens (primary N) is 1. The van der Waals surface area contributed by atoms with E-state index in [2.05, 4.69) is 42.5 Å². The van der Waals surface area contributed by atoms with Gasteiger partial charge in [0, 0.05) is 17.1 Å². The molecular formula is C22H18ClNO. The van der Waals surface area contributed by atoms with Crippen LogP contribution in [-0.4, -0.2) is 13.2 Å². The normalized spacial score (nSPS) is 16.8. The van der Waals surface area contributed by atoms with Crippen molar-refractivity contribution in [2.45, 2.75) is 11.8 Å². The van der Waals surface area contributed by atoms with Crippen molar-refractivity contribution in [3.05, 3.63) is 87.9 Å². The molecule has 25 heavy (non-hydrogen) atoms. The van der Waals surface area contributed by atoms with Crippen molar-refractivity contribution in [2.75, 3.05) is 18.9 Å². The van der Waals surface area contributed by atoms with Gasteiger partial charge in [0.25, 0.3) is 0 Å². The Labute approximate surface area is 152 Å². The summed E-state index contributed by atoms with van der Waals surface area (Å²) in [5, 5.41) is 0.746. The Kier molecular flexibility index (Phi) is 3.21. The number of benzene rings is 3. The van der Waals surface area contributed by atoms with Gasteiger partial charge in [-0.15, -0.1) is 0 Å². The van der Waals surface area contributed by atoms with Crippen LogP contribution in [0.3, 0.4) is 0 Å². The zero-order valence-corrected chi connectivity index (χ0v) is 14.5. The van der Waals surface area contributed by atoms with E-state index in [1.165, 1.54) is 27.8 Å². The third kappa shape index (κ3) is 2.08. The van der Waals surface area contributed by atoms with Crippen LogP contribution in [0.15, 0.2) is 60.7 Å². The highest BCUT2D eigenvalue weighted by atomic mass is 35.5. The summed E-state index contributed by atoms with van der Waals surface area (Å²) in [6, 6.07) is 21.0. The lowest BCUT2D eigenvalue weighted by atomic mass is 9.71. The summed E-state index contributed by atoms with van der Waals surface area (Å²) >= 11 is 6.24. The van der Waals surface area contributed by atoms with E-state index in [0.717, 1.165) is 22.7 Å². The summed E-state index contributed by atoms with van der Waals surface area (Å²) in [5.41, 5.74) is 14.9. The molecule has 5 rings (SSSR count). The molecule has 1 saturated heterocycles. The number of nitrogen functional groups attached to an aromatic ring is 1. The number of fused-ring (bicyclic) bond motifs is 3. The molecule has 0 spiro atoms. The number of rotatable bonds is 2. The molecule has 3 aromatic rings. The molecule has 0 saturated carbocycles. The van der Waals surface area contributed by atoms with Gasteiger partial charge in [-0.05, 0) is 45.5 Å². The molecule has 2 aliphatic rings. The highest BCUT2D eigenvalue weighted by Gasteiger charge is 2.44. The third-order valence-electron chi connectivity index (χ3n) is 5.62. The summed E-state index contributed by atoms with van der Waals surface area (Å²) in [6.07, 6.45) is 0.900. The van der Waals surface area contributed by atoms with Crippen molar-refractivity contribution in [2.24, 2.45) is 0 Å². The van der Waals surface area contributed by atoms with Gasteiger partial charge in [-0.1, -0.05) is 60.1 Å². The van der Waals surface area contributed by atoms with E-state index in [4.69, 9.17) is 22.1 Å². The molecule has 1 heterocycles. The lowest BCUT2D eigenvalue weighted by molar-refractivity contribution is -0.0376. The van der Waals surface area contributed by atoms with Crippen molar-refractivity contribution >= 4 is 17.3 Å². The van der Waals surface area contributed by atoms with Crippen molar-refractivity contribution in [1.29, 1.82) is 0 Å². The van der Waals surface area contributed by atoms with E-state index in [1.807, 2.05) is 18.2 Å². The second kappa shape index (κ2) is 5.35. The average molecular weight is 348 g/mol. The van der Waals surface area contributed by atoms with Gasteiger partial charge < -0.3 is 10.5 Å². The van der Waals surface area contributed by atoms with E-state index in [9.17, 15) is 0 Å². The molecule has 0 unspecified atom stereocenters. The summed E-state index contributed by atoms with van der Waals surface area (Å²) < 4.78 is 5.62. The van der Waals surface area contributed by atoms with Gasteiger partial charge in [0.15, 0.2) is 0 Å². The Morgan fingerprint density at radius 2 is 1.76 bits per heavy atom. The number of hydrogen-bond donors (Lipinski definition) is 1. The van der Waals surface area contributed by atoms with Gasteiger partial charge in [-0.2, -0.15) is 0 Å². The summed E-state index contributed by atoms with van der Waals surface area (Å²) in [7, 11) is 0. The Bertz CT molecular complexity index is 991. The predicted molar refractivity (Wildman–Crippen MR) is 102 cm³/mol. The quantitative estimate of drug-likeness (QED) is 0.528. The molecule has 1 aliphatic carbocycles. The average Bonchev–Trinajstić information content (AvgIpc) is 2.96. The number of ether oxygens (including phenoxy) is 1. The number of anilines is 1. The third-order valence-corrected chi connectivity index (χ3v) is 5.86. The minimum absolute atomic E-state index is 0.196. The molecule has 0 atom stereocenters. The van der Waals surface area contributed by atoms with E-state index in [-0.39, 0.29) is 5.41 Å². The Hall–Kier alpha value is -2.29. The van der Waals surface area contributed by atoms with Gasteiger partial charge in [-0.3, -0.25) is 0 Å². The zero-order valence-electron chi connectivity index (χ0n) is 13.8. The van der Waals surface area contributed by atoms with Crippen LogP contribution in [0, 0.1) is 0 Å². The van der Waals surface area contributed by atoms with Crippen molar-refractivity contribution in [3.63, 3.8) is 0 Å². The van der Waals surface area contributed by atoms with Gasteiger partial charge >= 0.3 is 0 Å². The molecular weight excluding hydrogens is 330 g/mol. The minimum Gasteiger partial charge on any atom is -0.398 e. The molecule has 2 N–H and O–H groups in total. The SMILES string of the molecule is Nc1c(C2(c3cccc(Cl)c3)COC2)ccc2c1Cc1ccccc1-2. The maximum atomic E-state index is 6.70. The van der Waals surface area contributed by atoms with Gasteiger partial charge in [0.05, 0.1) is 18.6 Å². The molecule has 3 aromatic carbocycles. The van der Waals surface area contributed by atoms with E-state index < -0.39 is 0 Å². The lowest BCUT2D eigenvalue weighted by Gasteiger charge is -2.43. The predicted octanol–water partition coefficient (Wildman–Crippen LogP) is 4.81. The van der Waals surface area contributed by atoms with Gasteiger partial charge in [0.2, 0.25) is 0 Å².